The van der Waals surface area contributed by atoms with Gasteiger partial charge in [0.1, 0.15) is 11.6 Å². The molecule has 0 amide bonds. The van der Waals surface area contributed by atoms with Crippen molar-refractivity contribution in [2.24, 2.45) is 5.92 Å². The van der Waals surface area contributed by atoms with E-state index in [2.05, 4.69) is 60.4 Å². The average Bonchev–Trinajstić information content (AvgIpc) is 2.75. The van der Waals surface area contributed by atoms with Crippen LogP contribution in [0.4, 0.5) is 0 Å². The number of fused-ring (bicyclic) bond motifs is 1. The van der Waals surface area contributed by atoms with Crippen LogP contribution in [0, 0.1) is 5.92 Å². The van der Waals surface area contributed by atoms with Crippen molar-refractivity contribution >= 4 is 0 Å². The van der Waals surface area contributed by atoms with Crippen LogP contribution in [0.5, 0.6) is 0 Å². The number of hydrogen-bond donors (Lipinski definition) is 0. The van der Waals surface area contributed by atoms with Gasteiger partial charge in [0.15, 0.2) is 0 Å². The molecule has 0 aromatic carbocycles. The molecule has 0 N–H and O–H groups in total. The molecule has 2 rings (SSSR count). The van der Waals surface area contributed by atoms with E-state index in [1.807, 2.05) is 0 Å². The fraction of sp³-hybridized carbons (Fsp3) is 0.778. The summed E-state index contributed by atoms with van der Waals surface area (Å²) in [6, 6.07) is 0. The molecule has 0 unspecified atom stereocenters. The predicted molar refractivity (Wildman–Crippen MR) is 92.1 cm³/mol. The molecule has 4 nitrogen and oxygen atoms in total. The SMILES string of the molecule is CC(C)=CCC[C@H](C)CN1CCc2nnc(C(C)C)n2CC1. The average molecular weight is 304 g/mol. The first-order valence-electron chi connectivity index (χ1n) is 8.75. The molecule has 0 spiro atoms. The summed E-state index contributed by atoms with van der Waals surface area (Å²) < 4.78 is 2.35. The molecule has 1 atom stereocenters. The number of allylic oxidation sites excluding steroid dienone is 2. The van der Waals surface area contributed by atoms with Gasteiger partial charge in [-0.3, -0.25) is 0 Å². The lowest BCUT2D eigenvalue weighted by Crippen LogP contribution is -2.31. The van der Waals surface area contributed by atoms with E-state index in [4.69, 9.17) is 0 Å². The Morgan fingerprint density at radius 1 is 1.14 bits per heavy atom. The lowest BCUT2D eigenvalue weighted by Gasteiger charge is -2.23. The summed E-state index contributed by atoms with van der Waals surface area (Å²) >= 11 is 0. The second-order valence-electron chi connectivity index (χ2n) is 7.30. The van der Waals surface area contributed by atoms with E-state index in [9.17, 15) is 0 Å². The number of nitrogens with zero attached hydrogens (tertiary/aromatic N) is 4. The van der Waals surface area contributed by atoms with Crippen LogP contribution in [-0.2, 0) is 13.0 Å². The third kappa shape index (κ3) is 4.67. The Kier molecular flexibility index (Phi) is 6.18. The van der Waals surface area contributed by atoms with E-state index in [1.165, 1.54) is 30.8 Å². The molecule has 2 heterocycles. The van der Waals surface area contributed by atoms with Crippen molar-refractivity contribution in [2.75, 3.05) is 19.6 Å². The molecule has 124 valence electrons. The van der Waals surface area contributed by atoms with Crippen molar-refractivity contribution < 1.29 is 0 Å². The van der Waals surface area contributed by atoms with Crippen molar-refractivity contribution in [1.29, 1.82) is 0 Å². The van der Waals surface area contributed by atoms with Crippen molar-refractivity contribution in [3.05, 3.63) is 23.3 Å². The zero-order chi connectivity index (χ0) is 16.1. The molecule has 0 bridgehead atoms. The van der Waals surface area contributed by atoms with Crippen LogP contribution < -0.4 is 0 Å². The van der Waals surface area contributed by atoms with E-state index in [1.54, 1.807) is 0 Å². The highest BCUT2D eigenvalue weighted by Gasteiger charge is 2.20. The van der Waals surface area contributed by atoms with E-state index in [-0.39, 0.29) is 0 Å². The Hall–Kier alpha value is -1.16. The first kappa shape index (κ1) is 17.2. The van der Waals surface area contributed by atoms with Crippen molar-refractivity contribution in [2.45, 2.75) is 66.3 Å². The molecule has 1 aliphatic rings. The maximum Gasteiger partial charge on any atom is 0.135 e. The highest BCUT2D eigenvalue weighted by Crippen LogP contribution is 2.17. The summed E-state index contributed by atoms with van der Waals surface area (Å²) in [5.74, 6) is 3.52. The van der Waals surface area contributed by atoms with Crippen LogP contribution in [0.15, 0.2) is 11.6 Å². The lowest BCUT2D eigenvalue weighted by atomic mass is 10.0. The molecule has 0 saturated carbocycles. The molecule has 0 saturated heterocycles. The number of rotatable bonds is 6. The monoisotopic (exact) mass is 304 g/mol. The van der Waals surface area contributed by atoms with Crippen molar-refractivity contribution in [1.82, 2.24) is 19.7 Å². The van der Waals surface area contributed by atoms with Crippen molar-refractivity contribution in [3.8, 4) is 0 Å². The topological polar surface area (TPSA) is 34.0 Å². The first-order chi connectivity index (χ1) is 10.5. The van der Waals surface area contributed by atoms with Crippen LogP contribution in [0.3, 0.4) is 0 Å². The molecule has 1 aliphatic heterocycles. The molecule has 22 heavy (non-hydrogen) atoms. The summed E-state index contributed by atoms with van der Waals surface area (Å²) in [7, 11) is 0. The van der Waals surface area contributed by atoms with Gasteiger partial charge in [-0.25, -0.2) is 0 Å². The number of hydrogen-bond acceptors (Lipinski definition) is 3. The standard InChI is InChI=1S/C18H32N4/c1-14(2)7-6-8-16(5)13-21-10-9-17-19-20-18(15(3)4)22(17)12-11-21/h7,15-16H,6,8-13H2,1-5H3/t16-/m0/s1. The molecule has 1 aromatic heterocycles. The van der Waals surface area contributed by atoms with Crippen LogP contribution in [0.25, 0.3) is 0 Å². The van der Waals surface area contributed by atoms with Gasteiger partial charge in [-0.2, -0.15) is 0 Å². The summed E-state index contributed by atoms with van der Waals surface area (Å²) in [6.07, 6.45) is 5.88. The van der Waals surface area contributed by atoms with Crippen LogP contribution in [0.1, 0.15) is 65.0 Å². The molecular formula is C18H32N4. The Labute approximate surface area is 135 Å². The van der Waals surface area contributed by atoms with Gasteiger partial charge in [0.25, 0.3) is 0 Å². The summed E-state index contributed by atoms with van der Waals surface area (Å²) in [4.78, 5) is 2.60. The zero-order valence-corrected chi connectivity index (χ0v) is 15.0. The smallest absolute Gasteiger partial charge is 0.135 e. The number of aromatic nitrogens is 3. The van der Waals surface area contributed by atoms with Gasteiger partial charge in [0.2, 0.25) is 0 Å². The Bertz CT molecular complexity index is 497. The van der Waals surface area contributed by atoms with Crippen molar-refractivity contribution in [3.63, 3.8) is 0 Å². The van der Waals surface area contributed by atoms with E-state index >= 15 is 0 Å². The summed E-state index contributed by atoms with van der Waals surface area (Å²) in [5, 5.41) is 8.77. The maximum absolute atomic E-state index is 4.40. The molecule has 1 aromatic rings. The predicted octanol–water partition coefficient (Wildman–Crippen LogP) is 3.64. The normalized spacial score (nSPS) is 17.2. The largest absolute Gasteiger partial charge is 0.313 e. The third-order valence-electron chi connectivity index (χ3n) is 4.45. The van der Waals surface area contributed by atoms with Gasteiger partial charge in [-0.1, -0.05) is 32.4 Å². The van der Waals surface area contributed by atoms with Gasteiger partial charge < -0.3 is 9.47 Å². The minimum absolute atomic E-state index is 0.454. The van der Waals surface area contributed by atoms with Gasteiger partial charge in [0.05, 0.1) is 0 Å². The van der Waals surface area contributed by atoms with Gasteiger partial charge in [-0.15, -0.1) is 10.2 Å². The van der Waals surface area contributed by atoms with E-state index < -0.39 is 0 Å². The second-order valence-corrected chi connectivity index (χ2v) is 7.30. The van der Waals surface area contributed by atoms with Gasteiger partial charge in [0, 0.05) is 38.5 Å². The molecule has 4 heteroatoms. The molecule has 0 radical (unpaired) electrons. The van der Waals surface area contributed by atoms with E-state index in [0.29, 0.717) is 5.92 Å². The zero-order valence-electron chi connectivity index (χ0n) is 15.0. The highest BCUT2D eigenvalue weighted by atomic mass is 15.3. The minimum atomic E-state index is 0.454. The maximum atomic E-state index is 4.40. The Balaban J connectivity index is 1.86. The highest BCUT2D eigenvalue weighted by molar-refractivity contribution is 5.02. The fourth-order valence-electron chi connectivity index (χ4n) is 3.19. The molecule has 0 fully saturated rings. The Morgan fingerprint density at radius 2 is 1.91 bits per heavy atom. The summed E-state index contributed by atoms with van der Waals surface area (Å²) in [5.41, 5.74) is 1.43. The van der Waals surface area contributed by atoms with Gasteiger partial charge >= 0.3 is 0 Å². The van der Waals surface area contributed by atoms with Crippen LogP contribution in [0.2, 0.25) is 0 Å². The second kappa shape index (κ2) is 7.91. The van der Waals surface area contributed by atoms with Gasteiger partial charge in [-0.05, 0) is 32.6 Å². The molecular weight excluding hydrogens is 272 g/mol. The fourth-order valence-corrected chi connectivity index (χ4v) is 3.19. The van der Waals surface area contributed by atoms with E-state index in [0.717, 1.165) is 37.8 Å². The summed E-state index contributed by atoms with van der Waals surface area (Å²) in [6.45, 7) is 15.6. The first-order valence-corrected chi connectivity index (χ1v) is 8.75. The third-order valence-corrected chi connectivity index (χ3v) is 4.45. The quantitative estimate of drug-likeness (QED) is 0.752. The van der Waals surface area contributed by atoms with Crippen LogP contribution >= 0.6 is 0 Å². The minimum Gasteiger partial charge on any atom is -0.313 e. The Morgan fingerprint density at radius 3 is 2.59 bits per heavy atom. The van der Waals surface area contributed by atoms with Crippen LogP contribution in [-0.4, -0.2) is 39.3 Å². The molecule has 0 aliphatic carbocycles. The lowest BCUT2D eigenvalue weighted by molar-refractivity contribution is 0.236.